The highest BCUT2D eigenvalue weighted by molar-refractivity contribution is 5.36. The first-order valence-corrected chi connectivity index (χ1v) is 3.65. The van der Waals surface area contributed by atoms with E-state index in [-0.39, 0.29) is 6.61 Å². The summed E-state index contributed by atoms with van der Waals surface area (Å²) in [4.78, 5) is 7.98. The van der Waals surface area contributed by atoms with Gasteiger partial charge in [-0.1, -0.05) is 5.92 Å². The minimum atomic E-state index is 0.181. The van der Waals surface area contributed by atoms with Gasteiger partial charge in [0.15, 0.2) is 6.61 Å². The predicted molar refractivity (Wildman–Crippen MR) is 48.9 cm³/mol. The van der Waals surface area contributed by atoms with Crippen molar-refractivity contribution < 1.29 is 4.74 Å². The molecule has 0 aromatic carbocycles. The first-order chi connectivity index (χ1) is 6.26. The number of ether oxygens (including phenoxy) is 1. The summed E-state index contributed by atoms with van der Waals surface area (Å²) in [7, 11) is 0. The topological polar surface area (TPSA) is 73.1 Å². The molecule has 13 heavy (non-hydrogen) atoms. The van der Waals surface area contributed by atoms with Crippen LogP contribution in [0.3, 0.4) is 0 Å². The van der Waals surface area contributed by atoms with E-state index in [1.807, 2.05) is 0 Å². The summed E-state index contributed by atoms with van der Waals surface area (Å²) in [6, 6.07) is 1.57. The minimum Gasteiger partial charge on any atom is -0.464 e. The Balaban J connectivity index is 2.83. The number of terminal acetylenes is 1. The van der Waals surface area contributed by atoms with Crippen molar-refractivity contribution in [3.8, 4) is 18.2 Å². The van der Waals surface area contributed by atoms with Crippen molar-refractivity contribution >= 4 is 5.82 Å². The van der Waals surface area contributed by atoms with E-state index in [0.717, 1.165) is 0 Å². The molecule has 0 radical (unpaired) electrons. The Morgan fingerprint density at radius 3 is 3.08 bits per heavy atom. The molecule has 0 spiro atoms. The lowest BCUT2D eigenvalue weighted by molar-refractivity contribution is 0.354. The van der Waals surface area contributed by atoms with Crippen LogP contribution in [0.2, 0.25) is 0 Å². The second kappa shape index (κ2) is 4.28. The van der Waals surface area contributed by atoms with Crippen molar-refractivity contribution in [1.29, 1.82) is 0 Å². The largest absolute Gasteiger partial charge is 0.464 e. The van der Waals surface area contributed by atoms with Crippen LogP contribution < -0.4 is 16.0 Å². The summed E-state index contributed by atoms with van der Waals surface area (Å²) in [5, 5.41) is 0. The third kappa shape index (κ3) is 2.61. The Labute approximate surface area is 76.3 Å². The number of nitrogens with two attached hydrogens (primary N) is 1. The number of anilines is 1. The van der Waals surface area contributed by atoms with Crippen molar-refractivity contribution in [3.05, 3.63) is 11.9 Å². The molecule has 1 aromatic rings. The fourth-order valence-electron chi connectivity index (χ4n) is 0.804. The zero-order valence-electron chi connectivity index (χ0n) is 7.24. The number of nitrogens with one attached hydrogen (secondary N) is 1. The molecular formula is C8H10N4O. The molecule has 0 aliphatic rings. The molecule has 1 rings (SSSR count). The van der Waals surface area contributed by atoms with E-state index < -0.39 is 0 Å². The van der Waals surface area contributed by atoms with Gasteiger partial charge in [-0.25, -0.2) is 10.8 Å². The highest BCUT2D eigenvalue weighted by Crippen LogP contribution is 2.11. The van der Waals surface area contributed by atoms with Gasteiger partial charge in [0.1, 0.15) is 11.6 Å². The van der Waals surface area contributed by atoms with Crippen LogP contribution in [0.25, 0.3) is 0 Å². The normalized spacial score (nSPS) is 9.00. The molecule has 0 bridgehead atoms. The summed E-state index contributed by atoms with van der Waals surface area (Å²) in [6.45, 7) is 1.92. The van der Waals surface area contributed by atoms with Crippen LogP contribution in [-0.4, -0.2) is 16.6 Å². The third-order valence-corrected chi connectivity index (χ3v) is 1.27. The average molecular weight is 178 g/mol. The Morgan fingerprint density at radius 1 is 1.69 bits per heavy atom. The summed E-state index contributed by atoms with van der Waals surface area (Å²) in [5.41, 5.74) is 2.40. The molecule has 0 amide bonds. The van der Waals surface area contributed by atoms with Crippen LogP contribution in [0, 0.1) is 19.3 Å². The van der Waals surface area contributed by atoms with E-state index in [0.29, 0.717) is 17.5 Å². The zero-order valence-corrected chi connectivity index (χ0v) is 7.24. The first kappa shape index (κ1) is 9.29. The Kier molecular flexibility index (Phi) is 3.06. The van der Waals surface area contributed by atoms with Crippen molar-refractivity contribution in [2.45, 2.75) is 6.92 Å². The fraction of sp³-hybridized carbons (Fsp3) is 0.250. The van der Waals surface area contributed by atoms with Gasteiger partial charge in [-0.2, -0.15) is 4.98 Å². The third-order valence-electron chi connectivity index (χ3n) is 1.27. The average Bonchev–Trinajstić information content (AvgIpc) is 2.14. The standard InChI is InChI=1S/C8H10N4O/c1-3-4-13-8-5-7(12-9)10-6(2)11-8/h1,5H,4,9H2,2H3,(H,10,11,12). The van der Waals surface area contributed by atoms with E-state index in [9.17, 15) is 0 Å². The van der Waals surface area contributed by atoms with Crippen molar-refractivity contribution in [2.24, 2.45) is 5.84 Å². The number of hydrogen-bond donors (Lipinski definition) is 2. The number of aromatic nitrogens is 2. The molecule has 68 valence electrons. The summed E-state index contributed by atoms with van der Waals surface area (Å²) < 4.78 is 5.10. The number of hydrazine groups is 1. The van der Waals surface area contributed by atoms with Gasteiger partial charge in [0.25, 0.3) is 0 Å². The van der Waals surface area contributed by atoms with Gasteiger partial charge >= 0.3 is 0 Å². The van der Waals surface area contributed by atoms with Crippen molar-refractivity contribution in [1.82, 2.24) is 9.97 Å². The molecule has 5 nitrogen and oxygen atoms in total. The van der Waals surface area contributed by atoms with Crippen molar-refractivity contribution in [3.63, 3.8) is 0 Å². The maximum atomic E-state index is 5.18. The molecule has 0 aliphatic heterocycles. The van der Waals surface area contributed by atoms with Crippen LogP contribution in [-0.2, 0) is 0 Å². The second-order valence-electron chi connectivity index (χ2n) is 2.28. The molecule has 3 N–H and O–H groups in total. The van der Waals surface area contributed by atoms with E-state index >= 15 is 0 Å². The quantitative estimate of drug-likeness (QED) is 0.389. The summed E-state index contributed by atoms with van der Waals surface area (Å²) in [6.07, 6.45) is 5.03. The monoisotopic (exact) mass is 178 g/mol. The zero-order chi connectivity index (χ0) is 9.68. The van der Waals surface area contributed by atoms with Crippen molar-refractivity contribution in [2.75, 3.05) is 12.0 Å². The van der Waals surface area contributed by atoms with Crippen LogP contribution in [0.15, 0.2) is 6.07 Å². The summed E-state index contributed by atoms with van der Waals surface area (Å²) in [5.74, 6) is 9.01. The van der Waals surface area contributed by atoms with E-state index in [2.05, 4.69) is 21.3 Å². The van der Waals surface area contributed by atoms with E-state index in [1.54, 1.807) is 13.0 Å². The minimum absolute atomic E-state index is 0.181. The number of nitrogen functional groups attached to an aromatic ring is 1. The lowest BCUT2D eigenvalue weighted by Gasteiger charge is -2.04. The number of rotatable bonds is 3. The first-order valence-electron chi connectivity index (χ1n) is 3.65. The number of hydrogen-bond acceptors (Lipinski definition) is 5. The molecule has 0 atom stereocenters. The molecular weight excluding hydrogens is 168 g/mol. The highest BCUT2D eigenvalue weighted by Gasteiger charge is 2.00. The van der Waals surface area contributed by atoms with Gasteiger partial charge in [0.2, 0.25) is 5.88 Å². The van der Waals surface area contributed by atoms with Crippen LogP contribution in [0.5, 0.6) is 5.88 Å². The molecule has 0 fully saturated rings. The van der Waals surface area contributed by atoms with Gasteiger partial charge in [0, 0.05) is 6.07 Å². The highest BCUT2D eigenvalue weighted by atomic mass is 16.5. The van der Waals surface area contributed by atoms with Gasteiger partial charge in [-0.3, -0.25) is 0 Å². The molecule has 1 heterocycles. The SMILES string of the molecule is C#CCOc1cc(NN)nc(C)n1. The lowest BCUT2D eigenvalue weighted by Crippen LogP contribution is -2.10. The second-order valence-corrected chi connectivity index (χ2v) is 2.28. The van der Waals surface area contributed by atoms with Gasteiger partial charge in [-0.15, -0.1) is 6.42 Å². The van der Waals surface area contributed by atoms with Gasteiger partial charge in [-0.05, 0) is 6.92 Å². The smallest absolute Gasteiger partial charge is 0.219 e. The lowest BCUT2D eigenvalue weighted by atomic mass is 10.5. The molecule has 0 aliphatic carbocycles. The van der Waals surface area contributed by atoms with Gasteiger partial charge in [0.05, 0.1) is 0 Å². The predicted octanol–water partition coefficient (Wildman–Crippen LogP) is 0.0826. The number of nitrogens with zero attached hydrogens (tertiary/aromatic N) is 2. The summed E-state index contributed by atoms with van der Waals surface area (Å²) >= 11 is 0. The van der Waals surface area contributed by atoms with E-state index in [1.165, 1.54) is 0 Å². The maximum absolute atomic E-state index is 5.18. The van der Waals surface area contributed by atoms with Crippen LogP contribution in [0.1, 0.15) is 5.82 Å². The molecule has 0 unspecified atom stereocenters. The molecule has 0 saturated heterocycles. The van der Waals surface area contributed by atoms with Crippen LogP contribution >= 0.6 is 0 Å². The molecule has 5 heteroatoms. The molecule has 0 saturated carbocycles. The Morgan fingerprint density at radius 2 is 2.46 bits per heavy atom. The van der Waals surface area contributed by atoms with E-state index in [4.69, 9.17) is 17.0 Å². The molecule has 1 aromatic heterocycles. The fourth-order valence-corrected chi connectivity index (χ4v) is 0.804. The number of aryl methyl sites for hydroxylation is 1. The van der Waals surface area contributed by atoms with Crippen LogP contribution in [0.4, 0.5) is 5.82 Å². The van der Waals surface area contributed by atoms with Gasteiger partial charge < -0.3 is 10.2 Å². The Hall–Kier alpha value is -1.80. The Bertz CT molecular complexity index is 331. The maximum Gasteiger partial charge on any atom is 0.219 e.